The van der Waals surface area contributed by atoms with Crippen LogP contribution < -0.4 is 10.6 Å². The maximum atomic E-state index is 11.0. The summed E-state index contributed by atoms with van der Waals surface area (Å²) in [5.41, 5.74) is 1.70. The van der Waals surface area contributed by atoms with Crippen LogP contribution in [0.1, 0.15) is 42.7 Å². The quantitative estimate of drug-likeness (QED) is 0.411. The van der Waals surface area contributed by atoms with E-state index in [1.807, 2.05) is 18.2 Å². The molecule has 1 aromatic heterocycles. The van der Waals surface area contributed by atoms with Crippen LogP contribution in [0.15, 0.2) is 48.5 Å². The molecular formula is C20H22N4O2S. The number of carbonyl (C=O) groups is 1. The van der Waals surface area contributed by atoms with Crippen LogP contribution in [-0.4, -0.2) is 20.1 Å². The van der Waals surface area contributed by atoms with Gasteiger partial charge in [0, 0.05) is 0 Å². The molecule has 27 heavy (non-hydrogen) atoms. The second kappa shape index (κ2) is 7.75. The number of carbonyl (C=O) groups excluding carboxylic acids is 1. The summed E-state index contributed by atoms with van der Waals surface area (Å²) < 4.78 is 8.66. The molecule has 0 radical (unpaired) electrons. The summed E-state index contributed by atoms with van der Waals surface area (Å²) in [5, 5.41) is 16.8. The van der Waals surface area contributed by atoms with Gasteiger partial charge < -0.3 is 15.7 Å². The summed E-state index contributed by atoms with van der Waals surface area (Å²) >= 11 is 1.07. The van der Waals surface area contributed by atoms with E-state index in [0.717, 1.165) is 17.3 Å². The lowest BCUT2D eigenvalue weighted by Crippen LogP contribution is -2.26. The van der Waals surface area contributed by atoms with Crippen molar-refractivity contribution >= 4 is 35.3 Å². The van der Waals surface area contributed by atoms with E-state index in [-0.39, 0.29) is 22.8 Å². The van der Waals surface area contributed by atoms with Crippen molar-refractivity contribution in [1.82, 2.24) is 8.75 Å². The predicted molar refractivity (Wildman–Crippen MR) is 109 cm³/mol. The molecule has 0 aliphatic rings. The van der Waals surface area contributed by atoms with Gasteiger partial charge in [-0.1, -0.05) is 57.2 Å². The summed E-state index contributed by atoms with van der Waals surface area (Å²) in [6, 6.07) is 15.1. The van der Waals surface area contributed by atoms with Gasteiger partial charge in [0.1, 0.15) is 5.75 Å². The Morgan fingerprint density at radius 2 is 1.74 bits per heavy atom. The van der Waals surface area contributed by atoms with Crippen molar-refractivity contribution in [3.8, 4) is 5.75 Å². The molecule has 2 aromatic carbocycles. The third-order valence-corrected chi connectivity index (χ3v) is 4.74. The third-order valence-electron chi connectivity index (χ3n) is 4.22. The van der Waals surface area contributed by atoms with Crippen LogP contribution in [0.4, 0.5) is 17.3 Å². The van der Waals surface area contributed by atoms with Gasteiger partial charge in [0.05, 0.1) is 29.0 Å². The monoisotopic (exact) mass is 382 g/mol. The molecule has 1 atom stereocenters. The zero-order valence-electron chi connectivity index (χ0n) is 15.4. The molecule has 0 aliphatic heterocycles. The number of aromatic hydroxyl groups is 1. The number of nitrogens with zero attached hydrogens (tertiary/aromatic N) is 2. The Balaban J connectivity index is 1.89. The lowest BCUT2D eigenvalue weighted by Gasteiger charge is -2.32. The topological polar surface area (TPSA) is 87.1 Å². The fourth-order valence-corrected chi connectivity index (χ4v) is 3.31. The van der Waals surface area contributed by atoms with Crippen LogP contribution in [0.25, 0.3) is 0 Å². The highest BCUT2D eigenvalue weighted by molar-refractivity contribution is 6.99. The molecule has 140 valence electrons. The number of hydrogen-bond acceptors (Lipinski definition) is 7. The van der Waals surface area contributed by atoms with Gasteiger partial charge in [-0.05, 0) is 23.1 Å². The Morgan fingerprint density at radius 3 is 2.41 bits per heavy atom. The van der Waals surface area contributed by atoms with Crippen LogP contribution in [-0.2, 0) is 0 Å². The SMILES string of the molecule is CC(C)(C)[C@@H](Nc1nsnc1Nc1cccc(C=O)c1O)c1ccccc1. The number of hydrogen-bond donors (Lipinski definition) is 3. The molecule has 0 saturated carbocycles. The maximum Gasteiger partial charge on any atom is 0.188 e. The average molecular weight is 382 g/mol. The van der Waals surface area contributed by atoms with Crippen molar-refractivity contribution in [1.29, 1.82) is 0 Å². The molecule has 7 heteroatoms. The number of rotatable bonds is 6. The Hall–Kier alpha value is -2.93. The fourth-order valence-electron chi connectivity index (χ4n) is 2.83. The molecule has 0 amide bonds. The number of aldehydes is 1. The van der Waals surface area contributed by atoms with Crippen molar-refractivity contribution in [3.05, 3.63) is 59.7 Å². The highest BCUT2D eigenvalue weighted by atomic mass is 32.1. The molecule has 3 N–H and O–H groups in total. The van der Waals surface area contributed by atoms with E-state index in [0.29, 0.717) is 23.6 Å². The van der Waals surface area contributed by atoms with E-state index < -0.39 is 0 Å². The Morgan fingerprint density at radius 1 is 1.04 bits per heavy atom. The average Bonchev–Trinajstić information content (AvgIpc) is 3.08. The van der Waals surface area contributed by atoms with E-state index in [2.05, 4.69) is 52.3 Å². The first-order valence-electron chi connectivity index (χ1n) is 8.58. The second-order valence-corrected chi connectivity index (χ2v) is 7.83. The van der Waals surface area contributed by atoms with E-state index in [1.165, 1.54) is 0 Å². The van der Waals surface area contributed by atoms with E-state index in [1.54, 1.807) is 18.2 Å². The van der Waals surface area contributed by atoms with Crippen LogP contribution in [0.5, 0.6) is 5.75 Å². The summed E-state index contributed by atoms with van der Waals surface area (Å²) in [6.07, 6.45) is 0.615. The Labute approximate surface area is 162 Å². The van der Waals surface area contributed by atoms with E-state index in [4.69, 9.17) is 0 Å². The standard InChI is InChI=1S/C20H22N4O2S/c1-20(2,3)17(13-8-5-4-6-9-13)22-19-18(23-27-24-19)21-15-11-7-10-14(12-25)16(15)26/h4-12,17,26H,1-3H3,(H,21,23)(H,22,24)/t17-/m0/s1. The van der Waals surface area contributed by atoms with Gasteiger partial charge in [0.2, 0.25) is 0 Å². The highest BCUT2D eigenvalue weighted by Crippen LogP contribution is 2.38. The maximum absolute atomic E-state index is 11.0. The minimum absolute atomic E-state index is 0.0121. The lowest BCUT2D eigenvalue weighted by molar-refractivity contribution is 0.112. The molecule has 1 heterocycles. The number of para-hydroxylation sites is 1. The van der Waals surface area contributed by atoms with Crippen LogP contribution in [0, 0.1) is 5.41 Å². The van der Waals surface area contributed by atoms with Crippen LogP contribution in [0.2, 0.25) is 0 Å². The number of aromatic nitrogens is 2. The van der Waals surface area contributed by atoms with Crippen molar-refractivity contribution in [2.45, 2.75) is 26.8 Å². The molecule has 3 aromatic rings. The predicted octanol–water partition coefficient (Wildman–Crippen LogP) is 5.00. The molecule has 0 bridgehead atoms. The van der Waals surface area contributed by atoms with Gasteiger partial charge >= 0.3 is 0 Å². The summed E-state index contributed by atoms with van der Waals surface area (Å²) in [4.78, 5) is 11.0. The zero-order chi connectivity index (χ0) is 19.4. The highest BCUT2D eigenvalue weighted by Gasteiger charge is 2.28. The minimum atomic E-state index is -0.109. The fraction of sp³-hybridized carbons (Fsp3) is 0.250. The first-order valence-corrected chi connectivity index (χ1v) is 9.31. The van der Waals surface area contributed by atoms with Gasteiger partial charge in [-0.3, -0.25) is 4.79 Å². The summed E-state index contributed by atoms with van der Waals surface area (Å²) in [5.74, 6) is 0.991. The molecule has 6 nitrogen and oxygen atoms in total. The summed E-state index contributed by atoms with van der Waals surface area (Å²) in [6.45, 7) is 6.47. The van der Waals surface area contributed by atoms with Crippen molar-refractivity contribution in [2.75, 3.05) is 10.6 Å². The zero-order valence-corrected chi connectivity index (χ0v) is 16.2. The third kappa shape index (κ3) is 4.25. The molecule has 0 aliphatic carbocycles. The van der Waals surface area contributed by atoms with Crippen molar-refractivity contribution < 1.29 is 9.90 Å². The van der Waals surface area contributed by atoms with Crippen molar-refractivity contribution in [2.24, 2.45) is 5.41 Å². The molecule has 3 rings (SSSR count). The first-order chi connectivity index (χ1) is 12.9. The number of nitrogens with one attached hydrogen (secondary N) is 2. The van der Waals surface area contributed by atoms with Gasteiger partial charge in [-0.15, -0.1) is 0 Å². The van der Waals surface area contributed by atoms with Gasteiger partial charge in [-0.2, -0.15) is 8.75 Å². The van der Waals surface area contributed by atoms with E-state index in [9.17, 15) is 9.90 Å². The normalized spacial score (nSPS) is 12.4. The number of phenols is 1. The number of phenolic OH excluding ortho intramolecular Hbond substituents is 1. The molecule has 0 unspecified atom stereocenters. The van der Waals surface area contributed by atoms with Gasteiger partial charge in [0.15, 0.2) is 17.9 Å². The molecule has 0 fully saturated rings. The van der Waals surface area contributed by atoms with Gasteiger partial charge in [-0.25, -0.2) is 0 Å². The number of anilines is 3. The van der Waals surface area contributed by atoms with Crippen LogP contribution in [0.3, 0.4) is 0 Å². The lowest BCUT2D eigenvalue weighted by atomic mass is 9.82. The Kier molecular flexibility index (Phi) is 5.41. The minimum Gasteiger partial charge on any atom is -0.505 e. The molecular weight excluding hydrogens is 360 g/mol. The van der Waals surface area contributed by atoms with E-state index >= 15 is 0 Å². The summed E-state index contributed by atoms with van der Waals surface area (Å²) in [7, 11) is 0. The molecule has 0 saturated heterocycles. The van der Waals surface area contributed by atoms with Crippen LogP contribution >= 0.6 is 11.7 Å². The Bertz CT molecular complexity index is 919. The van der Waals surface area contributed by atoms with Crippen molar-refractivity contribution in [3.63, 3.8) is 0 Å². The smallest absolute Gasteiger partial charge is 0.188 e. The largest absolute Gasteiger partial charge is 0.505 e. The van der Waals surface area contributed by atoms with Gasteiger partial charge in [0.25, 0.3) is 0 Å². The molecule has 0 spiro atoms. The second-order valence-electron chi connectivity index (χ2n) is 7.30. The number of benzene rings is 2. The first kappa shape index (κ1) is 18.8.